The van der Waals surface area contributed by atoms with Crippen molar-refractivity contribution in [3.63, 3.8) is 0 Å². The van der Waals surface area contributed by atoms with Gasteiger partial charge in [-0.15, -0.1) is 0 Å². The third-order valence-corrected chi connectivity index (χ3v) is 4.37. The molecule has 7 heteroatoms. The number of amides is 1. The summed E-state index contributed by atoms with van der Waals surface area (Å²) in [7, 11) is 0. The van der Waals surface area contributed by atoms with Gasteiger partial charge in [0.1, 0.15) is 17.9 Å². The summed E-state index contributed by atoms with van der Waals surface area (Å²) in [6, 6.07) is 3.65. The molecule has 3 aromatic rings. The molecule has 0 aliphatic heterocycles. The molecule has 3 aromatic heterocycles. The van der Waals surface area contributed by atoms with Gasteiger partial charge in [0.25, 0.3) is 5.56 Å². The van der Waals surface area contributed by atoms with Gasteiger partial charge >= 0.3 is 0 Å². The number of hydrogen-bond donors (Lipinski definition) is 0. The van der Waals surface area contributed by atoms with Crippen LogP contribution in [-0.4, -0.2) is 37.1 Å². The number of aromatic nitrogens is 3. The third kappa shape index (κ3) is 2.83. The fourth-order valence-corrected chi connectivity index (χ4v) is 3.44. The summed E-state index contributed by atoms with van der Waals surface area (Å²) >= 11 is 0. The smallest absolute Gasteiger partial charge is 0.291 e. The van der Waals surface area contributed by atoms with Crippen LogP contribution in [0.5, 0.6) is 0 Å². The lowest BCUT2D eigenvalue weighted by atomic mass is 10.2. The summed E-state index contributed by atoms with van der Waals surface area (Å²) in [5.41, 5.74) is 1.66. The Bertz CT molecular complexity index is 969. The van der Waals surface area contributed by atoms with Gasteiger partial charge in [-0.1, -0.05) is 6.92 Å². The van der Waals surface area contributed by atoms with Crippen molar-refractivity contribution in [3.05, 3.63) is 34.6 Å². The van der Waals surface area contributed by atoms with Crippen molar-refractivity contribution in [2.24, 2.45) is 0 Å². The molecule has 0 unspecified atom stereocenters. The molecule has 134 valence electrons. The van der Waals surface area contributed by atoms with Crippen molar-refractivity contribution in [1.82, 2.24) is 19.1 Å². The first kappa shape index (κ1) is 17.3. The Morgan fingerprint density at radius 3 is 2.52 bits per heavy atom. The van der Waals surface area contributed by atoms with Crippen molar-refractivity contribution in [1.29, 1.82) is 0 Å². The van der Waals surface area contributed by atoms with E-state index in [1.807, 2.05) is 45.1 Å². The fourth-order valence-electron chi connectivity index (χ4n) is 3.44. The number of carbonyl (C=O) groups excluding carboxylic acids is 1. The third-order valence-electron chi connectivity index (χ3n) is 4.37. The molecule has 0 spiro atoms. The number of hydrogen-bond acceptors (Lipinski definition) is 4. The lowest BCUT2D eigenvalue weighted by Gasteiger charge is -2.30. The van der Waals surface area contributed by atoms with Crippen molar-refractivity contribution in [3.8, 4) is 0 Å². The van der Waals surface area contributed by atoms with Gasteiger partial charge in [-0.25, -0.2) is 4.68 Å². The van der Waals surface area contributed by atoms with Crippen LogP contribution in [0.15, 0.2) is 27.6 Å². The van der Waals surface area contributed by atoms with E-state index in [-0.39, 0.29) is 30.1 Å². The van der Waals surface area contributed by atoms with Crippen LogP contribution in [0.25, 0.3) is 16.6 Å². The van der Waals surface area contributed by atoms with Crippen LogP contribution in [0.3, 0.4) is 0 Å². The van der Waals surface area contributed by atoms with E-state index in [1.165, 1.54) is 4.68 Å². The zero-order valence-corrected chi connectivity index (χ0v) is 15.3. The van der Waals surface area contributed by atoms with Crippen LogP contribution in [0.4, 0.5) is 0 Å². The van der Waals surface area contributed by atoms with Crippen LogP contribution in [0.1, 0.15) is 40.4 Å². The monoisotopic (exact) mass is 344 g/mol. The summed E-state index contributed by atoms with van der Waals surface area (Å²) in [6.07, 6.45) is 2.23. The predicted octanol–water partition coefficient (Wildman–Crippen LogP) is 2.45. The first-order chi connectivity index (χ1) is 11.8. The maximum atomic E-state index is 12.8. The molecule has 7 nitrogen and oxygen atoms in total. The molecular formula is C18H24N4O3. The van der Waals surface area contributed by atoms with Gasteiger partial charge in [-0.05, 0) is 27.7 Å². The highest BCUT2D eigenvalue weighted by atomic mass is 16.3. The van der Waals surface area contributed by atoms with E-state index in [0.717, 1.165) is 11.3 Å². The molecule has 0 aromatic carbocycles. The van der Waals surface area contributed by atoms with E-state index in [0.29, 0.717) is 17.5 Å². The number of furan rings is 1. The van der Waals surface area contributed by atoms with E-state index in [2.05, 4.69) is 5.10 Å². The second-order valence-corrected chi connectivity index (χ2v) is 6.76. The minimum Gasteiger partial charge on any atom is -0.463 e. The standard InChI is InChI=1S/C18H24N4O3/c1-6-16-19-20(10-17(23)21(11(2)3)12(4)5)18(24)14-9-15-13(22(14)16)7-8-25-15/h7-9,11-12H,6,10H2,1-5H3. The maximum Gasteiger partial charge on any atom is 0.291 e. The van der Waals surface area contributed by atoms with Crippen LogP contribution in [0, 0.1) is 0 Å². The van der Waals surface area contributed by atoms with Gasteiger partial charge in [0, 0.05) is 30.6 Å². The Morgan fingerprint density at radius 2 is 1.92 bits per heavy atom. The highest BCUT2D eigenvalue weighted by Gasteiger charge is 2.22. The average molecular weight is 344 g/mol. The normalized spacial score (nSPS) is 12.0. The number of fused-ring (bicyclic) bond motifs is 3. The van der Waals surface area contributed by atoms with Crippen molar-refractivity contribution in [2.75, 3.05) is 0 Å². The minimum atomic E-state index is -0.288. The van der Waals surface area contributed by atoms with Gasteiger partial charge < -0.3 is 9.32 Å². The molecular weight excluding hydrogens is 320 g/mol. The second-order valence-electron chi connectivity index (χ2n) is 6.76. The number of carbonyl (C=O) groups is 1. The predicted molar refractivity (Wildman–Crippen MR) is 95.7 cm³/mol. The van der Waals surface area contributed by atoms with Gasteiger partial charge in [0.05, 0.1) is 11.8 Å². The summed E-state index contributed by atoms with van der Waals surface area (Å²) in [4.78, 5) is 27.3. The van der Waals surface area contributed by atoms with Crippen LogP contribution in [-0.2, 0) is 17.8 Å². The van der Waals surface area contributed by atoms with Gasteiger partial charge in [-0.3, -0.25) is 14.0 Å². The van der Waals surface area contributed by atoms with Crippen LogP contribution >= 0.6 is 0 Å². The van der Waals surface area contributed by atoms with Crippen LogP contribution in [0.2, 0.25) is 0 Å². The lowest BCUT2D eigenvalue weighted by molar-refractivity contribution is -0.135. The SMILES string of the molecule is CCc1nn(CC(=O)N(C(C)C)C(C)C)c(=O)c2cc3occc3n12. The maximum absolute atomic E-state index is 12.8. The number of aryl methyl sites for hydroxylation is 1. The molecule has 0 bridgehead atoms. The van der Waals surface area contributed by atoms with E-state index in [9.17, 15) is 9.59 Å². The average Bonchev–Trinajstić information content (AvgIpc) is 3.10. The molecule has 0 saturated heterocycles. The summed E-state index contributed by atoms with van der Waals surface area (Å²) in [5.74, 6) is 0.612. The fraction of sp³-hybridized carbons (Fsp3) is 0.500. The van der Waals surface area contributed by atoms with Crippen LogP contribution < -0.4 is 5.56 Å². The topological polar surface area (TPSA) is 72.8 Å². The Kier molecular flexibility index (Phi) is 4.41. The first-order valence-electron chi connectivity index (χ1n) is 8.65. The number of rotatable bonds is 5. The Labute approximate surface area is 145 Å². The Balaban J connectivity index is 2.09. The largest absolute Gasteiger partial charge is 0.463 e. The van der Waals surface area contributed by atoms with Crippen molar-refractivity contribution < 1.29 is 9.21 Å². The molecule has 0 aliphatic rings. The lowest BCUT2D eigenvalue weighted by Crippen LogP contribution is -2.45. The molecule has 3 heterocycles. The molecule has 25 heavy (non-hydrogen) atoms. The molecule has 0 saturated carbocycles. The zero-order valence-electron chi connectivity index (χ0n) is 15.3. The Hall–Kier alpha value is -2.57. The van der Waals surface area contributed by atoms with E-state index in [4.69, 9.17) is 4.42 Å². The van der Waals surface area contributed by atoms with Gasteiger partial charge in [0.15, 0.2) is 5.58 Å². The molecule has 0 aliphatic carbocycles. The first-order valence-corrected chi connectivity index (χ1v) is 8.65. The highest BCUT2D eigenvalue weighted by molar-refractivity contribution is 5.82. The van der Waals surface area contributed by atoms with E-state index < -0.39 is 0 Å². The molecule has 0 fully saturated rings. The molecule has 1 amide bonds. The summed E-state index contributed by atoms with van der Waals surface area (Å²) < 4.78 is 8.49. The van der Waals surface area contributed by atoms with E-state index >= 15 is 0 Å². The van der Waals surface area contributed by atoms with Crippen molar-refractivity contribution >= 4 is 22.5 Å². The second kappa shape index (κ2) is 6.38. The van der Waals surface area contributed by atoms with Crippen molar-refractivity contribution in [2.45, 2.75) is 59.7 Å². The summed E-state index contributed by atoms with van der Waals surface area (Å²) in [6.45, 7) is 9.78. The molecule has 0 atom stereocenters. The zero-order chi connectivity index (χ0) is 18.3. The van der Waals surface area contributed by atoms with Gasteiger partial charge in [0.2, 0.25) is 5.91 Å². The highest BCUT2D eigenvalue weighted by Crippen LogP contribution is 2.20. The minimum absolute atomic E-state index is 0.0632. The number of nitrogens with zero attached hydrogens (tertiary/aromatic N) is 4. The van der Waals surface area contributed by atoms with Gasteiger partial charge in [-0.2, -0.15) is 5.10 Å². The quantitative estimate of drug-likeness (QED) is 0.713. The molecule has 0 radical (unpaired) electrons. The van der Waals surface area contributed by atoms with E-state index in [1.54, 1.807) is 17.2 Å². The summed E-state index contributed by atoms with van der Waals surface area (Å²) in [5, 5.41) is 4.44. The molecule has 0 N–H and O–H groups in total. The molecule has 3 rings (SSSR count). The Morgan fingerprint density at radius 1 is 1.24 bits per heavy atom.